The predicted molar refractivity (Wildman–Crippen MR) is 78.2 cm³/mol. The van der Waals surface area contributed by atoms with Crippen molar-refractivity contribution >= 4 is 11.5 Å². The Bertz CT molecular complexity index is 701. The fourth-order valence-corrected chi connectivity index (χ4v) is 1.75. The number of alkyl halides is 6. The van der Waals surface area contributed by atoms with Crippen molar-refractivity contribution in [2.24, 2.45) is 5.41 Å². The van der Waals surface area contributed by atoms with Crippen LogP contribution in [0, 0.1) is 16.7 Å². The summed E-state index contributed by atoms with van der Waals surface area (Å²) in [5, 5.41) is 11.1. The van der Waals surface area contributed by atoms with E-state index in [1.54, 1.807) is 6.07 Å². The van der Waals surface area contributed by atoms with Crippen LogP contribution in [0.3, 0.4) is 0 Å². The Balaban J connectivity index is 3.32. The molecule has 0 radical (unpaired) electrons. The number of carbonyl (C=O) groups excluding carboxylic acids is 1. The summed E-state index contributed by atoms with van der Waals surface area (Å²) in [5.74, 6) is -0.606. The van der Waals surface area contributed by atoms with E-state index in [0.29, 0.717) is 12.1 Å². The Hall–Kier alpha value is -2.50. The summed E-state index contributed by atoms with van der Waals surface area (Å²) in [6.07, 6.45) is -9.18. The van der Waals surface area contributed by atoms with Crippen molar-refractivity contribution in [2.45, 2.75) is 33.1 Å². The molecule has 136 valence electrons. The van der Waals surface area contributed by atoms with Gasteiger partial charge in [-0.15, -0.1) is 0 Å². The molecule has 0 saturated heterocycles. The molecule has 3 nitrogen and oxygen atoms in total. The molecule has 0 aliphatic heterocycles. The first-order chi connectivity index (χ1) is 11.2. The number of anilines is 1. The average molecular weight is 364 g/mol. The molecule has 0 spiro atoms. The van der Waals surface area contributed by atoms with Crippen LogP contribution in [0.25, 0.3) is 0 Å². The van der Waals surface area contributed by atoms with Gasteiger partial charge in [-0.05, 0) is 18.2 Å². The largest absolute Gasteiger partial charge is 0.416 e. The van der Waals surface area contributed by atoms with Gasteiger partial charge in [0.1, 0.15) is 11.6 Å². The molecule has 1 aromatic carbocycles. The highest BCUT2D eigenvalue weighted by Crippen LogP contribution is 2.37. The molecule has 0 atom stereocenters. The van der Waals surface area contributed by atoms with E-state index in [-0.39, 0.29) is 6.07 Å². The van der Waals surface area contributed by atoms with Gasteiger partial charge in [0.15, 0.2) is 5.78 Å². The van der Waals surface area contributed by atoms with Crippen molar-refractivity contribution in [1.29, 1.82) is 5.26 Å². The van der Waals surface area contributed by atoms with Crippen LogP contribution in [0.2, 0.25) is 0 Å². The van der Waals surface area contributed by atoms with Crippen LogP contribution in [0.15, 0.2) is 30.0 Å². The maximum atomic E-state index is 12.8. The van der Waals surface area contributed by atoms with E-state index < -0.39 is 45.9 Å². The van der Waals surface area contributed by atoms with Crippen LogP contribution in [-0.2, 0) is 17.1 Å². The fraction of sp³-hybridized carbons (Fsp3) is 0.375. The fourth-order valence-electron chi connectivity index (χ4n) is 1.75. The number of carbonyl (C=O) groups is 1. The van der Waals surface area contributed by atoms with Gasteiger partial charge in [0.05, 0.1) is 11.1 Å². The number of hydrogen-bond donors (Lipinski definition) is 1. The second kappa shape index (κ2) is 6.78. The second-order valence-corrected chi connectivity index (χ2v) is 6.19. The Kier molecular flexibility index (Phi) is 5.57. The molecule has 0 fully saturated rings. The number of Topliss-reactive ketones (excluding diaryl/α,β-unsaturated/α-hetero) is 1. The van der Waals surface area contributed by atoms with Crippen molar-refractivity contribution in [1.82, 2.24) is 0 Å². The molecule has 1 aromatic rings. The zero-order valence-corrected chi connectivity index (χ0v) is 13.4. The summed E-state index contributed by atoms with van der Waals surface area (Å²) in [4.78, 5) is 12.0. The number of nitriles is 1. The summed E-state index contributed by atoms with van der Waals surface area (Å²) >= 11 is 0. The molecule has 0 saturated carbocycles. The molecule has 9 heteroatoms. The number of nitrogens with zero attached hydrogens (tertiary/aromatic N) is 1. The van der Waals surface area contributed by atoms with Crippen LogP contribution >= 0.6 is 0 Å². The van der Waals surface area contributed by atoms with E-state index in [1.165, 1.54) is 20.8 Å². The molecule has 0 aromatic heterocycles. The molecule has 0 unspecified atom stereocenters. The van der Waals surface area contributed by atoms with Gasteiger partial charge in [0, 0.05) is 17.3 Å². The first kappa shape index (κ1) is 20.5. The van der Waals surface area contributed by atoms with Gasteiger partial charge in [-0.3, -0.25) is 4.79 Å². The van der Waals surface area contributed by atoms with Crippen LogP contribution in [0.5, 0.6) is 0 Å². The monoisotopic (exact) mass is 364 g/mol. The highest BCUT2D eigenvalue weighted by atomic mass is 19.4. The van der Waals surface area contributed by atoms with Gasteiger partial charge in [0.2, 0.25) is 0 Å². The molecule has 0 heterocycles. The number of nitrogens with one attached hydrogen (secondary N) is 1. The molecule has 0 aliphatic rings. The van der Waals surface area contributed by atoms with E-state index >= 15 is 0 Å². The van der Waals surface area contributed by atoms with Gasteiger partial charge in [0.25, 0.3) is 0 Å². The minimum atomic E-state index is -4.99. The number of allylic oxidation sites excluding steroid dienone is 1. The van der Waals surface area contributed by atoms with E-state index in [4.69, 9.17) is 5.26 Å². The first-order valence-corrected chi connectivity index (χ1v) is 6.87. The quantitative estimate of drug-likeness (QED) is 0.458. The zero-order chi connectivity index (χ0) is 19.6. The molecule has 0 amide bonds. The number of rotatable bonds is 3. The minimum Gasteiger partial charge on any atom is -0.360 e. The standard InChI is InChI=1S/C16H14F6N2O/c1-14(2,3)13(25)9(7-23)8-24-12-5-10(15(17,18)19)4-11(6-12)16(20,21)22/h4-6,8,24H,1-3H3/b9-8+. The van der Waals surface area contributed by atoms with Crippen molar-refractivity contribution < 1.29 is 31.1 Å². The lowest BCUT2D eigenvalue weighted by atomic mass is 9.87. The summed E-state index contributed by atoms with van der Waals surface area (Å²) in [6.45, 7) is 4.56. The number of benzene rings is 1. The van der Waals surface area contributed by atoms with Gasteiger partial charge >= 0.3 is 12.4 Å². The summed E-state index contributed by atoms with van der Waals surface area (Å²) in [5.41, 5.74) is -4.90. The number of ketones is 1. The topological polar surface area (TPSA) is 52.9 Å². The van der Waals surface area contributed by atoms with Gasteiger partial charge in [-0.2, -0.15) is 31.6 Å². The second-order valence-electron chi connectivity index (χ2n) is 6.19. The molecular weight excluding hydrogens is 350 g/mol. The SMILES string of the molecule is CC(C)(C)C(=O)/C(C#N)=C/Nc1cc(C(F)(F)F)cc(C(F)(F)F)c1. The minimum absolute atomic E-state index is 0.0135. The lowest BCUT2D eigenvalue weighted by Crippen LogP contribution is -2.22. The van der Waals surface area contributed by atoms with Crippen molar-refractivity contribution in [3.8, 4) is 6.07 Å². The van der Waals surface area contributed by atoms with Gasteiger partial charge in [-0.1, -0.05) is 20.8 Å². The van der Waals surface area contributed by atoms with Gasteiger partial charge < -0.3 is 5.32 Å². The lowest BCUT2D eigenvalue weighted by Gasteiger charge is -2.16. The maximum Gasteiger partial charge on any atom is 0.416 e. The van der Waals surface area contributed by atoms with Crippen molar-refractivity contribution in [2.75, 3.05) is 5.32 Å². The van der Waals surface area contributed by atoms with E-state index in [0.717, 1.165) is 6.20 Å². The zero-order valence-electron chi connectivity index (χ0n) is 13.4. The molecule has 1 N–H and O–H groups in total. The molecule has 0 aliphatic carbocycles. The maximum absolute atomic E-state index is 12.8. The van der Waals surface area contributed by atoms with Crippen LogP contribution < -0.4 is 5.32 Å². The number of halogens is 6. The smallest absolute Gasteiger partial charge is 0.360 e. The first-order valence-electron chi connectivity index (χ1n) is 6.87. The van der Waals surface area contributed by atoms with E-state index in [2.05, 4.69) is 5.32 Å². The Labute approximate surface area is 139 Å². The highest BCUT2D eigenvalue weighted by molar-refractivity contribution is 6.02. The van der Waals surface area contributed by atoms with E-state index in [1.807, 2.05) is 0 Å². The summed E-state index contributed by atoms with van der Waals surface area (Å²) in [6, 6.07) is 2.48. The highest BCUT2D eigenvalue weighted by Gasteiger charge is 2.37. The predicted octanol–water partition coefficient (Wildman–Crippen LogP) is 5.16. The molecular formula is C16H14F6N2O. The van der Waals surface area contributed by atoms with E-state index in [9.17, 15) is 31.1 Å². The molecule has 1 rings (SSSR count). The normalized spacial score (nSPS) is 13.4. The lowest BCUT2D eigenvalue weighted by molar-refractivity contribution is -0.143. The Morgan fingerprint density at radius 1 is 1.00 bits per heavy atom. The number of hydrogen-bond acceptors (Lipinski definition) is 3. The third-order valence-electron chi connectivity index (χ3n) is 3.02. The van der Waals surface area contributed by atoms with Crippen molar-refractivity contribution in [3.63, 3.8) is 0 Å². The Morgan fingerprint density at radius 3 is 1.76 bits per heavy atom. The van der Waals surface area contributed by atoms with Crippen molar-refractivity contribution in [3.05, 3.63) is 41.1 Å². The Morgan fingerprint density at radius 2 is 1.44 bits per heavy atom. The van der Waals surface area contributed by atoms with Crippen LogP contribution in [0.1, 0.15) is 31.9 Å². The molecule has 25 heavy (non-hydrogen) atoms. The van der Waals surface area contributed by atoms with Gasteiger partial charge in [-0.25, -0.2) is 0 Å². The third-order valence-corrected chi connectivity index (χ3v) is 3.02. The molecule has 0 bridgehead atoms. The average Bonchev–Trinajstić information content (AvgIpc) is 2.44. The summed E-state index contributed by atoms with van der Waals surface area (Å²) in [7, 11) is 0. The van der Waals surface area contributed by atoms with Crippen LogP contribution in [-0.4, -0.2) is 5.78 Å². The third kappa shape index (κ3) is 5.52. The van der Waals surface area contributed by atoms with Crippen LogP contribution in [0.4, 0.5) is 32.0 Å². The summed E-state index contributed by atoms with van der Waals surface area (Å²) < 4.78 is 76.6.